The van der Waals surface area contributed by atoms with Gasteiger partial charge in [-0.2, -0.15) is 8.78 Å². The molecule has 2 fully saturated rings. The van der Waals surface area contributed by atoms with E-state index in [2.05, 4.69) is 10.1 Å². The molecule has 3 N–H and O–H groups in total. The average molecular weight is 432 g/mol. The minimum atomic E-state index is -3.00. The van der Waals surface area contributed by atoms with E-state index in [4.69, 9.17) is 5.73 Å². The lowest BCUT2D eigenvalue weighted by atomic mass is 9.90. The number of para-hydroxylation sites is 1. The highest BCUT2D eigenvalue weighted by Crippen LogP contribution is 2.25. The lowest BCUT2D eigenvalue weighted by Gasteiger charge is -2.34. The molecular formula is C20H28ClF2N3O3. The maximum atomic E-state index is 12.9. The summed E-state index contributed by atoms with van der Waals surface area (Å²) < 4.78 is 29.7. The monoisotopic (exact) mass is 431 g/mol. The molecule has 1 atom stereocenters. The summed E-state index contributed by atoms with van der Waals surface area (Å²) in [4.78, 5) is 27.1. The fourth-order valence-electron chi connectivity index (χ4n) is 3.97. The Kier molecular flexibility index (Phi) is 8.64. The van der Waals surface area contributed by atoms with E-state index in [0.717, 1.165) is 25.7 Å². The molecule has 3 rings (SSSR count). The van der Waals surface area contributed by atoms with Crippen molar-refractivity contribution in [3.8, 4) is 5.75 Å². The molecule has 9 heteroatoms. The van der Waals surface area contributed by atoms with Crippen molar-refractivity contribution in [2.45, 2.75) is 57.2 Å². The van der Waals surface area contributed by atoms with Crippen molar-refractivity contribution in [2.75, 3.05) is 13.1 Å². The molecule has 1 heterocycles. The Morgan fingerprint density at radius 2 is 1.83 bits per heavy atom. The van der Waals surface area contributed by atoms with Gasteiger partial charge >= 0.3 is 6.61 Å². The number of likely N-dealkylation sites (tertiary alicyclic amines) is 1. The zero-order chi connectivity index (χ0) is 20.1. The summed E-state index contributed by atoms with van der Waals surface area (Å²) in [5, 5.41) is 3.09. The minimum absolute atomic E-state index is 0. The second-order valence-electron chi connectivity index (χ2n) is 7.59. The molecule has 1 aromatic carbocycles. The van der Waals surface area contributed by atoms with Gasteiger partial charge in [-0.1, -0.05) is 12.1 Å². The third-order valence-corrected chi connectivity index (χ3v) is 5.53. The molecule has 6 nitrogen and oxygen atoms in total. The second kappa shape index (κ2) is 10.7. The first-order valence-corrected chi connectivity index (χ1v) is 9.83. The van der Waals surface area contributed by atoms with Crippen LogP contribution in [0.4, 0.5) is 8.78 Å². The van der Waals surface area contributed by atoms with Gasteiger partial charge in [0.2, 0.25) is 5.91 Å². The first-order chi connectivity index (χ1) is 13.4. The van der Waals surface area contributed by atoms with Crippen molar-refractivity contribution in [2.24, 2.45) is 11.7 Å². The van der Waals surface area contributed by atoms with E-state index in [0.29, 0.717) is 19.4 Å². The van der Waals surface area contributed by atoms with Crippen molar-refractivity contribution in [1.29, 1.82) is 0 Å². The first kappa shape index (κ1) is 23.3. The minimum Gasteiger partial charge on any atom is -0.434 e. The van der Waals surface area contributed by atoms with Crippen LogP contribution in [0.3, 0.4) is 0 Å². The van der Waals surface area contributed by atoms with E-state index in [9.17, 15) is 18.4 Å². The fourth-order valence-corrected chi connectivity index (χ4v) is 3.97. The number of alkyl halides is 2. The molecule has 0 aromatic heterocycles. The molecule has 162 valence electrons. The van der Waals surface area contributed by atoms with Crippen molar-refractivity contribution >= 4 is 24.2 Å². The van der Waals surface area contributed by atoms with E-state index < -0.39 is 12.5 Å². The van der Waals surface area contributed by atoms with Gasteiger partial charge in [0.05, 0.1) is 11.5 Å². The number of carbonyl (C=O) groups excluding carboxylic acids is 2. The van der Waals surface area contributed by atoms with Gasteiger partial charge in [-0.05, 0) is 50.7 Å². The summed E-state index contributed by atoms with van der Waals surface area (Å²) in [5.41, 5.74) is 5.99. The zero-order valence-electron chi connectivity index (χ0n) is 16.2. The van der Waals surface area contributed by atoms with E-state index >= 15 is 0 Å². The van der Waals surface area contributed by atoms with E-state index in [1.165, 1.54) is 18.2 Å². The van der Waals surface area contributed by atoms with Crippen LogP contribution in [0.1, 0.15) is 48.9 Å². The van der Waals surface area contributed by atoms with Gasteiger partial charge in [-0.3, -0.25) is 9.59 Å². The van der Waals surface area contributed by atoms with Crippen molar-refractivity contribution in [3.05, 3.63) is 29.8 Å². The van der Waals surface area contributed by atoms with Crippen molar-refractivity contribution in [1.82, 2.24) is 10.2 Å². The third kappa shape index (κ3) is 6.27. The Bertz CT molecular complexity index is 699. The highest BCUT2D eigenvalue weighted by molar-refractivity contribution is 5.97. The lowest BCUT2D eigenvalue weighted by Crippen LogP contribution is -2.48. The molecule has 2 aliphatic rings. The summed E-state index contributed by atoms with van der Waals surface area (Å²) in [7, 11) is 0. The van der Waals surface area contributed by atoms with E-state index in [1.807, 2.05) is 0 Å². The number of benzene rings is 1. The summed E-state index contributed by atoms with van der Waals surface area (Å²) in [6.07, 6.45) is 4.96. The number of hydrogen-bond acceptors (Lipinski definition) is 4. The highest BCUT2D eigenvalue weighted by Gasteiger charge is 2.31. The van der Waals surface area contributed by atoms with Crippen LogP contribution in [-0.4, -0.2) is 48.5 Å². The highest BCUT2D eigenvalue weighted by atomic mass is 35.5. The number of nitrogens with one attached hydrogen (secondary N) is 1. The van der Waals surface area contributed by atoms with Gasteiger partial charge in [0, 0.05) is 25.2 Å². The Balaban J connectivity index is 0.00000300. The Hall–Kier alpha value is -1.93. The number of ether oxygens (including phenoxy) is 1. The van der Waals surface area contributed by atoms with Crippen LogP contribution in [-0.2, 0) is 4.79 Å². The molecule has 1 aromatic rings. The number of nitrogens with zero attached hydrogens (tertiary/aromatic N) is 1. The van der Waals surface area contributed by atoms with Crippen molar-refractivity contribution < 1.29 is 23.1 Å². The summed E-state index contributed by atoms with van der Waals surface area (Å²) in [6.45, 7) is -2.23. The van der Waals surface area contributed by atoms with Crippen LogP contribution in [0.15, 0.2) is 24.3 Å². The van der Waals surface area contributed by atoms with Crippen LogP contribution in [0.2, 0.25) is 0 Å². The van der Waals surface area contributed by atoms with Crippen LogP contribution in [0.25, 0.3) is 0 Å². The molecule has 1 saturated heterocycles. The molecule has 2 amide bonds. The maximum Gasteiger partial charge on any atom is 0.387 e. The predicted molar refractivity (Wildman–Crippen MR) is 107 cm³/mol. The van der Waals surface area contributed by atoms with Crippen molar-refractivity contribution in [3.63, 3.8) is 0 Å². The molecule has 1 aliphatic carbocycles. The van der Waals surface area contributed by atoms with Gasteiger partial charge in [0.1, 0.15) is 5.75 Å². The zero-order valence-corrected chi connectivity index (χ0v) is 17.0. The molecule has 0 spiro atoms. The van der Waals surface area contributed by atoms with Gasteiger partial charge in [0.25, 0.3) is 5.91 Å². The number of halogens is 3. The van der Waals surface area contributed by atoms with Gasteiger partial charge in [0.15, 0.2) is 0 Å². The van der Waals surface area contributed by atoms with Gasteiger partial charge < -0.3 is 20.7 Å². The quantitative estimate of drug-likeness (QED) is 0.750. The number of piperidine rings is 1. The Labute approximate surface area is 175 Å². The fraction of sp³-hybridized carbons (Fsp3) is 0.600. The summed E-state index contributed by atoms with van der Waals surface area (Å²) in [6, 6.07) is 6.31. The van der Waals surface area contributed by atoms with Crippen LogP contribution in [0.5, 0.6) is 5.75 Å². The summed E-state index contributed by atoms with van der Waals surface area (Å²) >= 11 is 0. The smallest absolute Gasteiger partial charge is 0.387 e. The number of hydrogen-bond donors (Lipinski definition) is 2. The molecule has 1 unspecified atom stereocenters. The molecule has 29 heavy (non-hydrogen) atoms. The van der Waals surface area contributed by atoms with Crippen LogP contribution >= 0.6 is 12.4 Å². The predicted octanol–water partition coefficient (Wildman–Crippen LogP) is 2.95. The molecule has 0 bridgehead atoms. The first-order valence-electron chi connectivity index (χ1n) is 9.83. The summed E-state index contributed by atoms with van der Waals surface area (Å²) in [5.74, 6) is -0.878. The molecule has 1 saturated carbocycles. The van der Waals surface area contributed by atoms with E-state index in [-0.39, 0.29) is 54.2 Å². The Morgan fingerprint density at radius 1 is 1.14 bits per heavy atom. The SMILES string of the molecule is Cl.NC1CCC(NC(=O)C2CCCN(C(=O)c3ccccc3OC(F)F)C2)CC1. The van der Waals surface area contributed by atoms with Gasteiger partial charge in [-0.25, -0.2) is 0 Å². The molecular weight excluding hydrogens is 404 g/mol. The van der Waals surface area contributed by atoms with Gasteiger partial charge in [-0.15, -0.1) is 12.4 Å². The van der Waals surface area contributed by atoms with Crippen LogP contribution in [0, 0.1) is 5.92 Å². The maximum absolute atomic E-state index is 12.9. The lowest BCUT2D eigenvalue weighted by molar-refractivity contribution is -0.127. The second-order valence-corrected chi connectivity index (χ2v) is 7.59. The largest absolute Gasteiger partial charge is 0.434 e. The topological polar surface area (TPSA) is 84.7 Å². The number of rotatable bonds is 5. The number of amides is 2. The van der Waals surface area contributed by atoms with E-state index in [1.54, 1.807) is 11.0 Å². The third-order valence-electron chi connectivity index (χ3n) is 5.53. The average Bonchev–Trinajstić information content (AvgIpc) is 2.69. The number of carbonyl (C=O) groups is 2. The van der Waals surface area contributed by atoms with Crippen LogP contribution < -0.4 is 15.8 Å². The standard InChI is InChI=1S/C20H27F2N3O3.ClH/c21-20(22)28-17-6-2-1-5-16(17)19(27)25-11-3-4-13(12-25)18(26)24-15-9-7-14(23)8-10-15;/h1-2,5-6,13-15,20H,3-4,7-12,23H2,(H,24,26);1H. The normalized spacial score (nSPS) is 24.6. The Morgan fingerprint density at radius 3 is 2.52 bits per heavy atom. The molecule has 0 radical (unpaired) electrons. The number of nitrogens with two attached hydrogens (primary N) is 1. The molecule has 1 aliphatic heterocycles.